The van der Waals surface area contributed by atoms with Crippen LogP contribution in [0.1, 0.15) is 55.4 Å². The Labute approximate surface area is 145 Å². The van der Waals surface area contributed by atoms with Crippen molar-refractivity contribution in [2.75, 3.05) is 0 Å². The summed E-state index contributed by atoms with van der Waals surface area (Å²) in [5.74, 6) is -0.249. The Hall–Kier alpha value is -2.44. The summed E-state index contributed by atoms with van der Waals surface area (Å²) in [4.78, 5) is 41.1. The summed E-state index contributed by atoms with van der Waals surface area (Å²) in [5.41, 5.74) is -0.392. The van der Waals surface area contributed by atoms with Crippen LogP contribution in [0.5, 0.6) is 0 Å². The Kier molecular flexibility index (Phi) is 5.01. The largest absolute Gasteiger partial charge is 0.348 e. The average molecular weight is 344 g/mol. The molecule has 134 valence electrons. The van der Waals surface area contributed by atoms with Crippen LogP contribution in [-0.2, 0) is 14.1 Å². The van der Waals surface area contributed by atoms with Gasteiger partial charge in [-0.15, -0.1) is 0 Å². The van der Waals surface area contributed by atoms with Crippen molar-refractivity contribution in [3.05, 3.63) is 38.7 Å². The zero-order valence-corrected chi connectivity index (χ0v) is 14.7. The van der Waals surface area contributed by atoms with Crippen LogP contribution in [0.15, 0.2) is 21.7 Å². The number of pyridine rings is 1. The first-order chi connectivity index (χ1) is 12.0. The minimum absolute atomic E-state index is 0.165. The van der Waals surface area contributed by atoms with Crippen LogP contribution in [0.25, 0.3) is 11.0 Å². The molecule has 1 aliphatic carbocycles. The minimum atomic E-state index is -0.456. The zero-order valence-electron chi connectivity index (χ0n) is 14.7. The van der Waals surface area contributed by atoms with Gasteiger partial charge in [-0.3, -0.25) is 18.7 Å². The monoisotopic (exact) mass is 344 g/mol. The van der Waals surface area contributed by atoms with Crippen LogP contribution in [0.2, 0.25) is 0 Å². The number of aryl methyl sites for hydroxylation is 1. The molecule has 1 N–H and O–H groups in total. The van der Waals surface area contributed by atoms with E-state index < -0.39 is 11.2 Å². The normalized spacial score (nSPS) is 16.4. The molecule has 25 heavy (non-hydrogen) atoms. The van der Waals surface area contributed by atoms with Crippen LogP contribution in [0.3, 0.4) is 0 Å². The molecule has 0 spiro atoms. The van der Waals surface area contributed by atoms with Gasteiger partial charge in [-0.1, -0.05) is 32.1 Å². The number of aromatic nitrogens is 3. The second-order valence-electron chi connectivity index (χ2n) is 6.79. The van der Waals surface area contributed by atoms with Crippen molar-refractivity contribution in [1.82, 2.24) is 19.4 Å². The van der Waals surface area contributed by atoms with Crippen molar-refractivity contribution in [2.24, 2.45) is 14.1 Å². The lowest BCUT2D eigenvalue weighted by molar-refractivity contribution is 0.0925. The van der Waals surface area contributed by atoms with Crippen LogP contribution in [0, 0.1) is 0 Å². The van der Waals surface area contributed by atoms with Gasteiger partial charge >= 0.3 is 5.69 Å². The summed E-state index contributed by atoms with van der Waals surface area (Å²) in [6.45, 7) is 0. The second kappa shape index (κ2) is 7.21. The Morgan fingerprint density at radius 1 is 1.04 bits per heavy atom. The summed E-state index contributed by atoms with van der Waals surface area (Å²) in [5, 5.41) is 3.38. The predicted molar refractivity (Wildman–Crippen MR) is 95.8 cm³/mol. The summed E-state index contributed by atoms with van der Waals surface area (Å²) in [7, 11) is 2.98. The van der Waals surface area contributed by atoms with Gasteiger partial charge in [-0.05, 0) is 25.0 Å². The van der Waals surface area contributed by atoms with E-state index in [9.17, 15) is 14.4 Å². The van der Waals surface area contributed by atoms with E-state index in [2.05, 4.69) is 10.3 Å². The Balaban J connectivity index is 1.89. The van der Waals surface area contributed by atoms with Crippen molar-refractivity contribution < 1.29 is 4.79 Å². The fourth-order valence-corrected chi connectivity index (χ4v) is 3.44. The molecule has 1 aliphatic rings. The molecule has 7 heteroatoms. The topological polar surface area (TPSA) is 86.0 Å². The molecule has 1 fully saturated rings. The molecule has 1 saturated carbocycles. The quantitative estimate of drug-likeness (QED) is 0.894. The maximum Gasteiger partial charge on any atom is 0.332 e. The molecule has 0 aliphatic heterocycles. The maximum atomic E-state index is 12.6. The van der Waals surface area contributed by atoms with Crippen molar-refractivity contribution >= 4 is 16.9 Å². The number of fused-ring (bicyclic) bond motifs is 1. The Bertz CT molecular complexity index is 905. The lowest BCUT2D eigenvalue weighted by atomic mass is 9.96. The van der Waals surface area contributed by atoms with Gasteiger partial charge in [0.05, 0.1) is 5.39 Å². The maximum absolute atomic E-state index is 12.6. The highest BCUT2D eigenvalue weighted by Crippen LogP contribution is 2.17. The highest BCUT2D eigenvalue weighted by molar-refractivity contribution is 5.94. The van der Waals surface area contributed by atoms with Gasteiger partial charge in [0.1, 0.15) is 11.3 Å². The molecule has 7 nitrogen and oxygen atoms in total. The third kappa shape index (κ3) is 3.50. The first-order valence-corrected chi connectivity index (χ1v) is 8.86. The number of hydrogen-bond acceptors (Lipinski definition) is 4. The van der Waals surface area contributed by atoms with E-state index in [0.717, 1.165) is 30.3 Å². The summed E-state index contributed by atoms with van der Waals surface area (Å²) >= 11 is 0. The second-order valence-corrected chi connectivity index (χ2v) is 6.79. The Morgan fingerprint density at radius 2 is 1.68 bits per heavy atom. The Morgan fingerprint density at radius 3 is 2.36 bits per heavy atom. The van der Waals surface area contributed by atoms with E-state index in [1.54, 1.807) is 19.2 Å². The van der Waals surface area contributed by atoms with Gasteiger partial charge in [-0.25, -0.2) is 9.78 Å². The van der Waals surface area contributed by atoms with Gasteiger partial charge in [-0.2, -0.15) is 0 Å². The van der Waals surface area contributed by atoms with E-state index in [4.69, 9.17) is 0 Å². The first-order valence-electron chi connectivity index (χ1n) is 8.86. The molecule has 1 amide bonds. The summed E-state index contributed by atoms with van der Waals surface area (Å²) in [6.07, 6.45) is 7.92. The van der Waals surface area contributed by atoms with E-state index in [1.807, 2.05) is 0 Å². The predicted octanol–water partition coefficient (Wildman–Crippen LogP) is 1.47. The third-order valence-corrected chi connectivity index (χ3v) is 4.97. The number of rotatable bonds is 2. The first kappa shape index (κ1) is 17.4. The molecule has 0 atom stereocenters. The lowest BCUT2D eigenvalue weighted by Crippen LogP contribution is -2.38. The van der Waals surface area contributed by atoms with Crippen LogP contribution >= 0.6 is 0 Å². The third-order valence-electron chi connectivity index (χ3n) is 4.97. The molecule has 0 saturated heterocycles. The number of nitrogens with one attached hydrogen (secondary N) is 1. The number of carbonyl (C=O) groups is 1. The average Bonchev–Trinajstić information content (AvgIpc) is 2.59. The number of hydrogen-bond donors (Lipinski definition) is 1. The van der Waals surface area contributed by atoms with Crippen molar-refractivity contribution in [1.29, 1.82) is 0 Å². The minimum Gasteiger partial charge on any atom is -0.348 e. The van der Waals surface area contributed by atoms with Crippen molar-refractivity contribution in [3.63, 3.8) is 0 Å². The molecule has 2 aromatic heterocycles. The van der Waals surface area contributed by atoms with E-state index >= 15 is 0 Å². The molecule has 0 unspecified atom stereocenters. The molecule has 2 aromatic rings. The molecule has 0 bridgehead atoms. The molecule has 0 aromatic carbocycles. The number of amides is 1. The number of nitrogens with zero attached hydrogens (tertiary/aromatic N) is 3. The highest BCUT2D eigenvalue weighted by atomic mass is 16.2. The van der Waals surface area contributed by atoms with Gasteiger partial charge < -0.3 is 5.32 Å². The molecule has 3 rings (SSSR count). The highest BCUT2D eigenvalue weighted by Gasteiger charge is 2.18. The molecular weight excluding hydrogens is 320 g/mol. The standard InChI is InChI=1S/C18H24N4O3/c1-21-15-13(17(24)22(2)18(21)25)10-11-14(20-15)16(23)19-12-8-6-4-3-5-7-9-12/h10-12H,3-9H2,1-2H3,(H,19,23). The van der Waals surface area contributed by atoms with Crippen LogP contribution in [-0.4, -0.2) is 26.1 Å². The summed E-state index contributed by atoms with van der Waals surface area (Å²) in [6, 6.07) is 3.28. The molecular formula is C18H24N4O3. The fourth-order valence-electron chi connectivity index (χ4n) is 3.44. The van der Waals surface area contributed by atoms with E-state index in [1.165, 1.54) is 30.9 Å². The molecule has 0 radical (unpaired) electrons. The fraction of sp³-hybridized carbons (Fsp3) is 0.556. The van der Waals surface area contributed by atoms with E-state index in [0.29, 0.717) is 5.39 Å². The smallest absolute Gasteiger partial charge is 0.332 e. The SMILES string of the molecule is Cn1c(=O)c2ccc(C(=O)NC3CCCCCCC3)nc2n(C)c1=O. The van der Waals surface area contributed by atoms with Gasteiger partial charge in [0, 0.05) is 20.1 Å². The zero-order chi connectivity index (χ0) is 18.0. The molecule has 2 heterocycles. The van der Waals surface area contributed by atoms with Crippen LogP contribution < -0.4 is 16.6 Å². The van der Waals surface area contributed by atoms with Crippen LogP contribution in [0.4, 0.5) is 0 Å². The lowest BCUT2D eigenvalue weighted by Gasteiger charge is -2.20. The van der Waals surface area contributed by atoms with Crippen molar-refractivity contribution in [3.8, 4) is 0 Å². The van der Waals surface area contributed by atoms with E-state index in [-0.39, 0.29) is 23.3 Å². The van der Waals surface area contributed by atoms with Gasteiger partial charge in [0.15, 0.2) is 0 Å². The van der Waals surface area contributed by atoms with Gasteiger partial charge in [0.2, 0.25) is 0 Å². The van der Waals surface area contributed by atoms with Gasteiger partial charge in [0.25, 0.3) is 11.5 Å². The number of carbonyl (C=O) groups excluding carboxylic acids is 1. The van der Waals surface area contributed by atoms with Crippen molar-refractivity contribution in [2.45, 2.75) is 51.0 Å². The summed E-state index contributed by atoms with van der Waals surface area (Å²) < 4.78 is 2.33.